The monoisotopic (exact) mass is 308 g/mol. The number of carbonyl (C=O) groups excluding carboxylic acids is 1. The molecule has 0 saturated heterocycles. The summed E-state index contributed by atoms with van der Waals surface area (Å²) in [5, 5.41) is 2.73. The van der Waals surface area contributed by atoms with E-state index in [2.05, 4.69) is 4.98 Å². The molecule has 6 heteroatoms. The third kappa shape index (κ3) is 4.26. The predicted octanol–water partition coefficient (Wildman–Crippen LogP) is 3.55. The third-order valence-electron chi connectivity index (χ3n) is 2.93. The van der Waals surface area contributed by atoms with Gasteiger partial charge in [-0.25, -0.2) is 9.37 Å². The van der Waals surface area contributed by atoms with Gasteiger partial charge in [-0.1, -0.05) is 0 Å². The molecule has 1 aromatic heterocycles. The number of esters is 1. The summed E-state index contributed by atoms with van der Waals surface area (Å²) in [5.74, 6) is -0.472. The van der Waals surface area contributed by atoms with Gasteiger partial charge < -0.3 is 9.64 Å². The van der Waals surface area contributed by atoms with Gasteiger partial charge in [0.15, 0.2) is 5.13 Å². The van der Waals surface area contributed by atoms with Crippen LogP contribution < -0.4 is 4.90 Å². The van der Waals surface area contributed by atoms with E-state index in [0.29, 0.717) is 19.4 Å². The van der Waals surface area contributed by atoms with Crippen molar-refractivity contribution < 1.29 is 13.9 Å². The fourth-order valence-electron chi connectivity index (χ4n) is 1.80. The SMILES string of the molecule is CCOC(=O)CCc1csc(N(C)c2ccc(F)cc2)n1. The maximum absolute atomic E-state index is 12.9. The molecule has 1 aromatic carbocycles. The van der Waals surface area contributed by atoms with E-state index in [1.807, 2.05) is 17.3 Å². The first-order valence-electron chi connectivity index (χ1n) is 6.69. The molecule has 0 N–H and O–H groups in total. The zero-order chi connectivity index (χ0) is 15.2. The minimum absolute atomic E-state index is 0.209. The van der Waals surface area contributed by atoms with Crippen LogP contribution in [0.25, 0.3) is 0 Å². The van der Waals surface area contributed by atoms with E-state index in [-0.39, 0.29) is 11.8 Å². The molecule has 0 amide bonds. The van der Waals surface area contributed by atoms with Gasteiger partial charge in [0.25, 0.3) is 0 Å². The molecule has 0 aliphatic carbocycles. The Morgan fingerprint density at radius 3 is 2.76 bits per heavy atom. The highest BCUT2D eigenvalue weighted by Gasteiger charge is 2.10. The first-order valence-corrected chi connectivity index (χ1v) is 7.57. The normalized spacial score (nSPS) is 10.4. The second-order valence-corrected chi connectivity index (χ2v) is 5.30. The van der Waals surface area contributed by atoms with Crippen molar-refractivity contribution in [2.24, 2.45) is 0 Å². The minimum Gasteiger partial charge on any atom is -0.466 e. The summed E-state index contributed by atoms with van der Waals surface area (Å²) in [4.78, 5) is 17.7. The van der Waals surface area contributed by atoms with Gasteiger partial charge in [-0.2, -0.15) is 0 Å². The van der Waals surface area contributed by atoms with Gasteiger partial charge >= 0.3 is 5.97 Å². The lowest BCUT2D eigenvalue weighted by Crippen LogP contribution is -2.09. The van der Waals surface area contributed by atoms with Gasteiger partial charge in [-0.3, -0.25) is 4.79 Å². The number of thiazole rings is 1. The van der Waals surface area contributed by atoms with Crippen molar-refractivity contribution in [2.75, 3.05) is 18.6 Å². The number of carbonyl (C=O) groups is 1. The molecule has 2 aromatic rings. The Morgan fingerprint density at radius 2 is 2.10 bits per heavy atom. The fourth-order valence-corrected chi connectivity index (χ4v) is 2.65. The fraction of sp³-hybridized carbons (Fsp3) is 0.333. The molecule has 0 unspecified atom stereocenters. The number of halogens is 1. The molecule has 0 radical (unpaired) electrons. The number of hydrogen-bond donors (Lipinski definition) is 0. The third-order valence-corrected chi connectivity index (χ3v) is 3.90. The Labute approximate surface area is 127 Å². The Kier molecular flexibility index (Phi) is 5.27. The van der Waals surface area contributed by atoms with Gasteiger partial charge in [0.05, 0.1) is 18.7 Å². The average molecular weight is 308 g/mol. The van der Waals surface area contributed by atoms with Crippen LogP contribution in [0.15, 0.2) is 29.6 Å². The summed E-state index contributed by atoms with van der Waals surface area (Å²) >= 11 is 1.49. The van der Waals surface area contributed by atoms with Crippen LogP contribution >= 0.6 is 11.3 Å². The summed E-state index contributed by atoms with van der Waals surface area (Å²) in [6.45, 7) is 2.19. The van der Waals surface area contributed by atoms with Crippen LogP contribution in [-0.2, 0) is 16.0 Å². The van der Waals surface area contributed by atoms with E-state index < -0.39 is 0 Å². The van der Waals surface area contributed by atoms with Gasteiger partial charge in [-0.05, 0) is 31.2 Å². The minimum atomic E-state index is -0.263. The molecular formula is C15H17FN2O2S. The highest BCUT2D eigenvalue weighted by Crippen LogP contribution is 2.27. The summed E-state index contributed by atoms with van der Waals surface area (Å²) in [6.07, 6.45) is 0.893. The molecule has 0 aliphatic heterocycles. The van der Waals surface area contributed by atoms with Crippen LogP contribution in [0.1, 0.15) is 19.0 Å². The van der Waals surface area contributed by atoms with Gasteiger partial charge in [0.2, 0.25) is 0 Å². The maximum Gasteiger partial charge on any atom is 0.306 e. The molecule has 112 valence electrons. The van der Waals surface area contributed by atoms with E-state index >= 15 is 0 Å². The van der Waals surface area contributed by atoms with E-state index in [1.54, 1.807) is 19.1 Å². The summed E-state index contributed by atoms with van der Waals surface area (Å²) in [5.41, 5.74) is 1.72. The van der Waals surface area contributed by atoms with E-state index in [9.17, 15) is 9.18 Å². The van der Waals surface area contributed by atoms with Crippen LogP contribution in [0.5, 0.6) is 0 Å². The van der Waals surface area contributed by atoms with Crippen molar-refractivity contribution in [3.63, 3.8) is 0 Å². The van der Waals surface area contributed by atoms with E-state index in [0.717, 1.165) is 16.5 Å². The van der Waals surface area contributed by atoms with E-state index in [1.165, 1.54) is 23.5 Å². The standard InChI is InChI=1S/C15H17FN2O2S/c1-3-20-14(19)9-6-12-10-21-15(17-12)18(2)13-7-4-11(16)5-8-13/h4-5,7-8,10H,3,6,9H2,1-2H3. The molecule has 4 nitrogen and oxygen atoms in total. The quantitative estimate of drug-likeness (QED) is 0.765. The molecule has 0 bridgehead atoms. The highest BCUT2D eigenvalue weighted by atomic mass is 32.1. The molecule has 21 heavy (non-hydrogen) atoms. The zero-order valence-electron chi connectivity index (χ0n) is 12.0. The molecular weight excluding hydrogens is 291 g/mol. The second kappa shape index (κ2) is 7.17. The van der Waals surface area contributed by atoms with Crippen LogP contribution in [-0.4, -0.2) is 24.6 Å². The van der Waals surface area contributed by atoms with Gasteiger partial charge in [-0.15, -0.1) is 11.3 Å². The Bertz CT molecular complexity index is 598. The predicted molar refractivity (Wildman–Crippen MR) is 81.5 cm³/mol. The van der Waals surface area contributed by atoms with Crippen molar-refractivity contribution in [2.45, 2.75) is 19.8 Å². The average Bonchev–Trinajstić information content (AvgIpc) is 2.94. The number of hydrogen-bond acceptors (Lipinski definition) is 5. The number of aryl methyl sites for hydroxylation is 1. The molecule has 0 spiro atoms. The molecule has 0 fully saturated rings. The number of nitrogens with zero attached hydrogens (tertiary/aromatic N) is 2. The zero-order valence-corrected chi connectivity index (χ0v) is 12.8. The topological polar surface area (TPSA) is 42.4 Å². The molecule has 0 aliphatic rings. The Morgan fingerprint density at radius 1 is 1.38 bits per heavy atom. The van der Waals surface area contributed by atoms with Gasteiger partial charge in [0.1, 0.15) is 5.82 Å². The number of anilines is 2. The Balaban J connectivity index is 1.98. The van der Waals surface area contributed by atoms with Crippen LogP contribution in [0.2, 0.25) is 0 Å². The van der Waals surface area contributed by atoms with Crippen molar-refractivity contribution in [3.8, 4) is 0 Å². The first kappa shape index (κ1) is 15.4. The molecule has 0 atom stereocenters. The smallest absolute Gasteiger partial charge is 0.306 e. The lowest BCUT2D eigenvalue weighted by atomic mass is 10.2. The van der Waals surface area contributed by atoms with Crippen molar-refractivity contribution in [3.05, 3.63) is 41.2 Å². The van der Waals surface area contributed by atoms with Crippen molar-refractivity contribution in [1.82, 2.24) is 4.98 Å². The van der Waals surface area contributed by atoms with Crippen LogP contribution in [0.3, 0.4) is 0 Å². The maximum atomic E-state index is 12.9. The summed E-state index contributed by atoms with van der Waals surface area (Å²) in [7, 11) is 1.88. The van der Waals surface area contributed by atoms with Crippen LogP contribution in [0.4, 0.5) is 15.2 Å². The van der Waals surface area contributed by atoms with Crippen molar-refractivity contribution in [1.29, 1.82) is 0 Å². The number of ether oxygens (including phenoxy) is 1. The van der Waals surface area contributed by atoms with Crippen LogP contribution in [0, 0.1) is 5.82 Å². The van der Waals surface area contributed by atoms with Gasteiger partial charge in [0, 0.05) is 24.5 Å². The lowest BCUT2D eigenvalue weighted by molar-refractivity contribution is -0.143. The van der Waals surface area contributed by atoms with Crippen molar-refractivity contribution >= 4 is 28.1 Å². The Hall–Kier alpha value is -1.95. The lowest BCUT2D eigenvalue weighted by Gasteiger charge is -2.15. The van der Waals surface area contributed by atoms with E-state index in [4.69, 9.17) is 4.74 Å². The summed E-state index contributed by atoms with van der Waals surface area (Å²) in [6, 6.07) is 6.24. The molecule has 2 rings (SSSR count). The number of benzene rings is 1. The number of rotatable bonds is 6. The molecule has 0 saturated carbocycles. The summed E-state index contributed by atoms with van der Waals surface area (Å²) < 4.78 is 17.8. The number of aromatic nitrogens is 1. The molecule has 1 heterocycles. The second-order valence-electron chi connectivity index (χ2n) is 4.46. The first-order chi connectivity index (χ1) is 10.1. The largest absolute Gasteiger partial charge is 0.466 e. The highest BCUT2D eigenvalue weighted by molar-refractivity contribution is 7.13.